The summed E-state index contributed by atoms with van der Waals surface area (Å²) in [5.41, 5.74) is 2.05. The highest BCUT2D eigenvalue weighted by molar-refractivity contribution is 9.11. The molecule has 6 nitrogen and oxygen atoms in total. The average Bonchev–Trinajstić information content (AvgIpc) is 2.90. The van der Waals surface area contributed by atoms with Crippen molar-refractivity contribution in [2.75, 3.05) is 17.3 Å². The number of benzene rings is 1. The number of amides is 1. The average molecular weight is 396 g/mol. The first kappa shape index (κ1) is 15.9. The molecule has 120 valence electrons. The Morgan fingerprint density at radius 3 is 2.83 bits per heavy atom. The number of carbonyl (C=O) groups excluding carboxylic acids is 1. The first-order chi connectivity index (χ1) is 10.9. The third-order valence-corrected chi connectivity index (χ3v) is 5.33. The van der Waals surface area contributed by atoms with E-state index < -0.39 is 0 Å². The van der Waals surface area contributed by atoms with E-state index in [4.69, 9.17) is 0 Å². The molecule has 0 aliphatic carbocycles. The molecular weight excluding hydrogens is 382 g/mol. The summed E-state index contributed by atoms with van der Waals surface area (Å²) in [4.78, 5) is 25.5. The molecule has 0 bridgehead atoms. The number of halogens is 1. The molecule has 1 aromatic heterocycles. The Morgan fingerprint density at radius 1 is 1.39 bits per heavy atom. The molecule has 1 aromatic carbocycles. The lowest BCUT2D eigenvalue weighted by atomic mass is 10.0. The zero-order valence-corrected chi connectivity index (χ0v) is 14.7. The second-order valence-corrected chi connectivity index (χ2v) is 7.91. The second-order valence-electron chi connectivity index (χ2n) is 5.37. The molecule has 0 saturated heterocycles. The van der Waals surface area contributed by atoms with Gasteiger partial charge in [0.25, 0.3) is 5.69 Å². The highest BCUT2D eigenvalue weighted by Crippen LogP contribution is 2.37. The number of hydrogen-bond donors (Lipinski definition) is 1. The Hall–Kier alpha value is -1.93. The maximum absolute atomic E-state index is 11.6. The number of aryl methyl sites for hydroxylation is 1. The third kappa shape index (κ3) is 3.37. The molecule has 23 heavy (non-hydrogen) atoms. The van der Waals surface area contributed by atoms with Crippen LogP contribution < -0.4 is 10.2 Å². The number of anilines is 2. The van der Waals surface area contributed by atoms with Gasteiger partial charge in [-0.2, -0.15) is 0 Å². The van der Waals surface area contributed by atoms with E-state index in [1.54, 1.807) is 23.5 Å². The molecule has 2 aromatic rings. The van der Waals surface area contributed by atoms with Crippen molar-refractivity contribution in [3.05, 3.63) is 48.6 Å². The van der Waals surface area contributed by atoms with Crippen LogP contribution in [0.2, 0.25) is 0 Å². The number of nitrogens with one attached hydrogen (secondary N) is 1. The van der Waals surface area contributed by atoms with Gasteiger partial charge < -0.3 is 10.2 Å². The number of fused-ring (bicyclic) bond motifs is 1. The van der Waals surface area contributed by atoms with Crippen molar-refractivity contribution in [2.45, 2.75) is 19.4 Å². The Labute approximate surface area is 145 Å². The van der Waals surface area contributed by atoms with Gasteiger partial charge in [-0.1, -0.05) is 0 Å². The van der Waals surface area contributed by atoms with E-state index >= 15 is 0 Å². The van der Waals surface area contributed by atoms with E-state index in [0.717, 1.165) is 14.2 Å². The number of nitro benzene ring substituents is 1. The van der Waals surface area contributed by atoms with Gasteiger partial charge in [0.1, 0.15) is 5.69 Å². The van der Waals surface area contributed by atoms with Gasteiger partial charge in [0.2, 0.25) is 5.91 Å². The minimum absolute atomic E-state index is 0.0536. The summed E-state index contributed by atoms with van der Waals surface area (Å²) in [6.45, 7) is 0.559. The molecule has 8 heteroatoms. The molecule has 1 aliphatic heterocycles. The van der Waals surface area contributed by atoms with Crippen molar-refractivity contribution in [3.8, 4) is 0 Å². The molecule has 2 heterocycles. The molecule has 1 aliphatic rings. The van der Waals surface area contributed by atoms with Crippen LogP contribution in [0.4, 0.5) is 17.1 Å². The van der Waals surface area contributed by atoms with E-state index in [0.29, 0.717) is 30.8 Å². The molecular formula is C15H14BrN3O3S. The van der Waals surface area contributed by atoms with Crippen molar-refractivity contribution in [1.82, 2.24) is 0 Å². The molecule has 1 amide bonds. The standard InChI is InChI=1S/C15H14BrN3O3S/c1-18(8-10-3-4-14(16)23-10)12-7-11-9(2-5-15(20)17-11)6-13(12)19(21)22/h3-4,6-7H,2,5,8H2,1H3,(H,17,20). The highest BCUT2D eigenvalue weighted by Gasteiger charge is 2.24. The first-order valence-electron chi connectivity index (χ1n) is 7.00. The van der Waals surface area contributed by atoms with Crippen LogP contribution in [0.1, 0.15) is 16.9 Å². The van der Waals surface area contributed by atoms with Crippen molar-refractivity contribution in [2.24, 2.45) is 0 Å². The van der Waals surface area contributed by atoms with Gasteiger partial charge in [0, 0.05) is 30.1 Å². The number of nitro groups is 1. The zero-order chi connectivity index (χ0) is 16.6. The SMILES string of the molecule is CN(Cc1ccc(Br)s1)c1cc2c(cc1[N+](=O)[O-])CCC(=O)N2. The fourth-order valence-corrected chi connectivity index (χ4v) is 4.15. The molecule has 0 spiro atoms. The van der Waals surface area contributed by atoms with E-state index in [1.807, 2.05) is 24.1 Å². The summed E-state index contributed by atoms with van der Waals surface area (Å²) in [5, 5.41) is 14.2. The summed E-state index contributed by atoms with van der Waals surface area (Å²) in [7, 11) is 1.81. The third-order valence-electron chi connectivity index (χ3n) is 3.73. The largest absolute Gasteiger partial charge is 0.364 e. The van der Waals surface area contributed by atoms with Crippen molar-refractivity contribution < 1.29 is 9.72 Å². The van der Waals surface area contributed by atoms with Gasteiger partial charge in [-0.3, -0.25) is 14.9 Å². The fourth-order valence-electron chi connectivity index (χ4n) is 2.61. The molecule has 0 atom stereocenters. The lowest BCUT2D eigenvalue weighted by molar-refractivity contribution is -0.384. The number of carbonyl (C=O) groups is 1. The predicted molar refractivity (Wildman–Crippen MR) is 94.2 cm³/mol. The Bertz CT molecular complexity index is 790. The molecule has 0 unspecified atom stereocenters. The topological polar surface area (TPSA) is 75.5 Å². The molecule has 0 fully saturated rings. The normalized spacial score (nSPS) is 13.4. The summed E-state index contributed by atoms with van der Waals surface area (Å²) in [6.07, 6.45) is 0.895. The lowest BCUT2D eigenvalue weighted by Gasteiger charge is -2.23. The van der Waals surface area contributed by atoms with Gasteiger partial charge in [0.05, 0.1) is 15.3 Å². The number of thiophene rings is 1. The van der Waals surface area contributed by atoms with Gasteiger partial charge in [0.15, 0.2) is 0 Å². The van der Waals surface area contributed by atoms with Crippen molar-refractivity contribution in [1.29, 1.82) is 0 Å². The predicted octanol–water partition coefficient (Wildman–Crippen LogP) is 3.94. The van der Waals surface area contributed by atoms with Crippen molar-refractivity contribution >= 4 is 50.2 Å². The van der Waals surface area contributed by atoms with Crippen molar-refractivity contribution in [3.63, 3.8) is 0 Å². The monoisotopic (exact) mass is 395 g/mol. The minimum Gasteiger partial charge on any atom is -0.364 e. The van der Waals surface area contributed by atoms with Gasteiger partial charge in [-0.15, -0.1) is 11.3 Å². The van der Waals surface area contributed by atoms with Crippen LogP contribution in [0.5, 0.6) is 0 Å². The summed E-state index contributed by atoms with van der Waals surface area (Å²) in [6, 6.07) is 7.21. The quantitative estimate of drug-likeness (QED) is 0.628. The van der Waals surface area contributed by atoms with Gasteiger partial charge in [-0.05, 0) is 46.1 Å². The zero-order valence-electron chi connectivity index (χ0n) is 12.3. The van der Waals surface area contributed by atoms with E-state index in [9.17, 15) is 14.9 Å². The van der Waals surface area contributed by atoms with Crippen LogP contribution in [0.15, 0.2) is 28.1 Å². The summed E-state index contributed by atoms with van der Waals surface area (Å²) < 4.78 is 1.02. The number of rotatable bonds is 4. The maximum Gasteiger partial charge on any atom is 0.292 e. The fraction of sp³-hybridized carbons (Fsp3) is 0.267. The van der Waals surface area contributed by atoms with E-state index in [2.05, 4.69) is 21.2 Å². The van der Waals surface area contributed by atoms with Gasteiger partial charge in [-0.25, -0.2) is 0 Å². The molecule has 3 rings (SSSR count). The second kappa shape index (κ2) is 6.29. The molecule has 0 radical (unpaired) electrons. The maximum atomic E-state index is 11.6. The summed E-state index contributed by atoms with van der Waals surface area (Å²) in [5.74, 6) is -0.0536. The van der Waals surface area contributed by atoms with E-state index in [-0.39, 0.29) is 16.5 Å². The van der Waals surface area contributed by atoms with E-state index in [1.165, 1.54) is 0 Å². The smallest absolute Gasteiger partial charge is 0.292 e. The van der Waals surface area contributed by atoms with Crippen LogP contribution in [-0.2, 0) is 17.8 Å². The minimum atomic E-state index is -0.368. The van der Waals surface area contributed by atoms with Crippen LogP contribution in [0, 0.1) is 10.1 Å². The van der Waals surface area contributed by atoms with Crippen LogP contribution in [0.25, 0.3) is 0 Å². The first-order valence-corrected chi connectivity index (χ1v) is 8.61. The Kier molecular flexibility index (Phi) is 4.36. The van der Waals surface area contributed by atoms with Crippen LogP contribution in [0.3, 0.4) is 0 Å². The van der Waals surface area contributed by atoms with Crippen LogP contribution in [-0.4, -0.2) is 17.9 Å². The Morgan fingerprint density at radius 2 is 2.17 bits per heavy atom. The lowest BCUT2D eigenvalue weighted by Crippen LogP contribution is -2.22. The van der Waals surface area contributed by atoms with Gasteiger partial charge >= 0.3 is 0 Å². The Balaban J connectivity index is 1.97. The molecule has 0 saturated carbocycles. The number of hydrogen-bond acceptors (Lipinski definition) is 5. The van der Waals surface area contributed by atoms with Crippen LogP contribution >= 0.6 is 27.3 Å². The number of nitrogens with zero attached hydrogens (tertiary/aromatic N) is 2. The highest BCUT2D eigenvalue weighted by atomic mass is 79.9. The summed E-state index contributed by atoms with van der Waals surface area (Å²) >= 11 is 5.01. The molecule has 1 N–H and O–H groups in total.